The summed E-state index contributed by atoms with van der Waals surface area (Å²) in [5.41, 5.74) is 1.88. The zero-order valence-corrected chi connectivity index (χ0v) is 19.2. The molecule has 2 aromatic heterocycles. The van der Waals surface area contributed by atoms with Gasteiger partial charge in [0.15, 0.2) is 5.16 Å². The second-order valence-electron chi connectivity index (χ2n) is 8.26. The van der Waals surface area contributed by atoms with Gasteiger partial charge in [-0.3, -0.25) is 18.6 Å². The average molecular weight is 443 g/mol. The van der Waals surface area contributed by atoms with Crippen molar-refractivity contribution >= 4 is 40.4 Å². The molecule has 9 heteroatoms. The summed E-state index contributed by atoms with van der Waals surface area (Å²) in [5, 5.41) is 12.2. The molecule has 1 aliphatic rings. The summed E-state index contributed by atoms with van der Waals surface area (Å²) in [6.45, 7) is 7.19. The van der Waals surface area contributed by atoms with Gasteiger partial charge in [0.2, 0.25) is 17.6 Å². The van der Waals surface area contributed by atoms with Crippen molar-refractivity contribution in [2.45, 2.75) is 70.2 Å². The molecule has 0 aliphatic carbocycles. The monoisotopic (exact) mass is 442 g/mol. The topological polar surface area (TPSA) is 84.5 Å². The van der Waals surface area contributed by atoms with Crippen LogP contribution in [0.4, 0.5) is 0 Å². The van der Waals surface area contributed by atoms with E-state index < -0.39 is 0 Å². The molecule has 2 atom stereocenters. The smallest absolute Gasteiger partial charge is 0.243 e. The van der Waals surface area contributed by atoms with Gasteiger partial charge in [-0.05, 0) is 51.7 Å². The molecule has 0 bridgehead atoms. The Kier molecular flexibility index (Phi) is 6.50. The van der Waals surface area contributed by atoms with Crippen LogP contribution in [0.5, 0.6) is 0 Å². The highest BCUT2D eigenvalue weighted by Crippen LogP contribution is 2.27. The van der Waals surface area contributed by atoms with E-state index in [9.17, 15) is 9.59 Å². The van der Waals surface area contributed by atoms with Crippen LogP contribution in [0.1, 0.15) is 46.5 Å². The molecule has 2 amide bonds. The highest BCUT2D eigenvalue weighted by Gasteiger charge is 2.30. The highest BCUT2D eigenvalue weighted by atomic mass is 32.2. The molecule has 0 spiro atoms. The van der Waals surface area contributed by atoms with Crippen LogP contribution in [0, 0.1) is 0 Å². The van der Waals surface area contributed by atoms with Crippen molar-refractivity contribution in [2.75, 3.05) is 12.3 Å². The number of hydrogen-bond acceptors (Lipinski definition) is 5. The number of amides is 2. The molecule has 0 unspecified atom stereocenters. The summed E-state index contributed by atoms with van der Waals surface area (Å²) >= 11 is 1.36. The lowest BCUT2D eigenvalue weighted by Gasteiger charge is -2.39. The number of hydrogen-bond donors (Lipinski definition) is 1. The van der Waals surface area contributed by atoms with Crippen LogP contribution < -0.4 is 5.32 Å². The van der Waals surface area contributed by atoms with Crippen LogP contribution in [0.3, 0.4) is 0 Å². The first-order chi connectivity index (χ1) is 15.0. The summed E-state index contributed by atoms with van der Waals surface area (Å²) < 4.78 is 3.89. The van der Waals surface area contributed by atoms with Gasteiger partial charge in [-0.2, -0.15) is 0 Å². The van der Waals surface area contributed by atoms with Crippen LogP contribution in [0.25, 0.3) is 16.8 Å². The van der Waals surface area contributed by atoms with Crippen LogP contribution in [-0.4, -0.2) is 60.3 Å². The number of benzene rings is 1. The number of carbonyl (C=O) groups excluding carboxylic acids is 2. The first-order valence-corrected chi connectivity index (χ1v) is 12.0. The van der Waals surface area contributed by atoms with E-state index in [1.54, 1.807) is 0 Å². The Labute approximate surface area is 186 Å². The van der Waals surface area contributed by atoms with Crippen molar-refractivity contribution in [3.05, 3.63) is 24.3 Å². The number of nitrogens with zero attached hydrogens (tertiary/aromatic N) is 5. The van der Waals surface area contributed by atoms with Crippen molar-refractivity contribution in [2.24, 2.45) is 0 Å². The number of likely N-dealkylation sites (tertiary alicyclic amines) is 1. The fraction of sp³-hybridized carbons (Fsp3) is 0.545. The molecule has 1 fully saturated rings. The van der Waals surface area contributed by atoms with Gasteiger partial charge in [-0.1, -0.05) is 30.8 Å². The van der Waals surface area contributed by atoms with Crippen LogP contribution in [0.15, 0.2) is 29.4 Å². The van der Waals surface area contributed by atoms with E-state index in [0.717, 1.165) is 30.3 Å². The maximum atomic E-state index is 13.3. The van der Waals surface area contributed by atoms with E-state index in [1.165, 1.54) is 18.2 Å². The lowest BCUT2D eigenvalue weighted by atomic mass is 9.97. The summed E-state index contributed by atoms with van der Waals surface area (Å²) in [5.74, 6) is 1.00. The normalized spacial score (nSPS) is 19.3. The number of thioether (sulfide) groups is 1. The van der Waals surface area contributed by atoms with E-state index in [0.29, 0.717) is 17.5 Å². The summed E-state index contributed by atoms with van der Waals surface area (Å²) in [4.78, 5) is 27.4. The van der Waals surface area contributed by atoms with Crippen molar-refractivity contribution < 1.29 is 9.59 Å². The summed E-state index contributed by atoms with van der Waals surface area (Å²) in [6.07, 6.45) is 4.16. The van der Waals surface area contributed by atoms with E-state index in [4.69, 9.17) is 0 Å². The molecule has 31 heavy (non-hydrogen) atoms. The van der Waals surface area contributed by atoms with E-state index >= 15 is 0 Å². The Hall–Kier alpha value is -2.55. The number of carbonyl (C=O) groups is 2. The minimum Gasteiger partial charge on any atom is -0.355 e. The van der Waals surface area contributed by atoms with Gasteiger partial charge in [0.1, 0.15) is 6.54 Å². The largest absolute Gasteiger partial charge is 0.355 e. The third-order valence-electron chi connectivity index (χ3n) is 5.95. The van der Waals surface area contributed by atoms with Gasteiger partial charge in [0.05, 0.1) is 16.8 Å². The third kappa shape index (κ3) is 4.28. The van der Waals surface area contributed by atoms with Gasteiger partial charge >= 0.3 is 0 Å². The fourth-order valence-corrected chi connectivity index (χ4v) is 5.23. The van der Waals surface area contributed by atoms with E-state index in [-0.39, 0.29) is 36.2 Å². The molecule has 1 N–H and O–H groups in total. The number of imidazole rings is 1. The molecular weight excluding hydrogens is 412 g/mol. The predicted octanol–water partition coefficient (Wildman–Crippen LogP) is 3.09. The fourth-order valence-electron chi connectivity index (χ4n) is 4.46. The quantitative estimate of drug-likeness (QED) is 0.569. The Bertz CT molecular complexity index is 1080. The van der Waals surface area contributed by atoms with Crippen molar-refractivity contribution in [3.63, 3.8) is 0 Å². The number of para-hydroxylation sites is 2. The molecule has 3 aromatic rings. The lowest BCUT2D eigenvalue weighted by Crippen LogP contribution is -2.48. The van der Waals surface area contributed by atoms with Crippen LogP contribution in [0.2, 0.25) is 0 Å². The summed E-state index contributed by atoms with van der Waals surface area (Å²) in [6, 6.07) is 8.43. The molecule has 4 rings (SSSR count). The highest BCUT2D eigenvalue weighted by molar-refractivity contribution is 7.99. The minimum atomic E-state index is -0.0180. The molecule has 166 valence electrons. The number of rotatable bonds is 7. The van der Waals surface area contributed by atoms with E-state index in [2.05, 4.69) is 29.4 Å². The first-order valence-electron chi connectivity index (χ1n) is 11.0. The molecule has 0 saturated carbocycles. The molecule has 1 aliphatic heterocycles. The molecule has 0 radical (unpaired) electrons. The molecular formula is C22H30N6O2S. The van der Waals surface area contributed by atoms with Crippen molar-refractivity contribution in [1.29, 1.82) is 0 Å². The first kappa shape index (κ1) is 21.7. The van der Waals surface area contributed by atoms with Crippen molar-refractivity contribution in [1.82, 2.24) is 29.4 Å². The number of aromatic nitrogens is 4. The Balaban J connectivity index is 1.64. The SMILES string of the molecule is CCCNC(=O)CSc1nnc2n(CC(=O)N3[C@H](C)CCC[C@@H]3C)c3ccccc3n12. The molecule has 1 saturated heterocycles. The predicted molar refractivity (Wildman–Crippen MR) is 122 cm³/mol. The summed E-state index contributed by atoms with van der Waals surface area (Å²) in [7, 11) is 0. The number of nitrogens with one attached hydrogen (secondary N) is 1. The van der Waals surface area contributed by atoms with Crippen LogP contribution >= 0.6 is 11.8 Å². The minimum absolute atomic E-state index is 0.0180. The second-order valence-corrected chi connectivity index (χ2v) is 9.20. The third-order valence-corrected chi connectivity index (χ3v) is 6.88. The van der Waals surface area contributed by atoms with Gasteiger partial charge in [0.25, 0.3) is 0 Å². The maximum Gasteiger partial charge on any atom is 0.243 e. The second kappa shape index (κ2) is 9.30. The molecule has 3 heterocycles. The van der Waals surface area contributed by atoms with E-state index in [1.807, 2.05) is 45.1 Å². The van der Waals surface area contributed by atoms with Crippen LogP contribution in [-0.2, 0) is 16.1 Å². The van der Waals surface area contributed by atoms with Crippen molar-refractivity contribution in [3.8, 4) is 0 Å². The number of piperidine rings is 1. The molecule has 1 aromatic carbocycles. The van der Waals surface area contributed by atoms with Gasteiger partial charge in [0, 0.05) is 18.6 Å². The average Bonchev–Trinajstić information content (AvgIpc) is 3.30. The van der Waals surface area contributed by atoms with Gasteiger partial charge in [-0.15, -0.1) is 10.2 Å². The zero-order chi connectivity index (χ0) is 22.0. The zero-order valence-electron chi connectivity index (χ0n) is 18.4. The van der Waals surface area contributed by atoms with Gasteiger partial charge in [-0.25, -0.2) is 0 Å². The number of fused-ring (bicyclic) bond motifs is 3. The standard InChI is InChI=1S/C22H30N6O2S/c1-4-12-23-19(29)14-31-22-25-24-21-26(17-10-5-6-11-18(17)28(21)22)13-20(30)27-15(2)8-7-9-16(27)3/h5-6,10-11,15-16H,4,7-9,12-14H2,1-3H3,(H,23,29)/t15-,16+. The lowest BCUT2D eigenvalue weighted by molar-refractivity contribution is -0.137. The Morgan fingerprint density at radius 1 is 1.13 bits per heavy atom. The Morgan fingerprint density at radius 2 is 1.84 bits per heavy atom. The maximum absolute atomic E-state index is 13.3. The Morgan fingerprint density at radius 3 is 2.55 bits per heavy atom. The molecule has 8 nitrogen and oxygen atoms in total. The van der Waals surface area contributed by atoms with Gasteiger partial charge < -0.3 is 10.2 Å².